The van der Waals surface area contributed by atoms with Crippen molar-refractivity contribution in [1.29, 1.82) is 0 Å². The van der Waals surface area contributed by atoms with Crippen LogP contribution in [0.15, 0.2) is 48.5 Å². The van der Waals surface area contributed by atoms with E-state index in [1.54, 1.807) is 23.1 Å². The van der Waals surface area contributed by atoms with E-state index < -0.39 is 10.1 Å². The largest absolute Gasteiger partial charge is 0.382 e. The molecule has 0 saturated heterocycles. The van der Waals surface area contributed by atoms with Crippen molar-refractivity contribution in [2.45, 2.75) is 59.5 Å². The molecule has 0 spiro atoms. The molecule has 0 heterocycles. The first kappa shape index (κ1) is 22.9. The van der Waals surface area contributed by atoms with E-state index in [9.17, 15) is 13.2 Å². The highest BCUT2D eigenvalue weighted by Crippen LogP contribution is 2.20. The van der Waals surface area contributed by atoms with Gasteiger partial charge in [0.05, 0.1) is 5.75 Å². The Morgan fingerprint density at radius 1 is 1.03 bits per heavy atom. The van der Waals surface area contributed by atoms with E-state index >= 15 is 0 Å². The predicted octanol–water partition coefficient (Wildman–Crippen LogP) is 4.81. The van der Waals surface area contributed by atoms with Gasteiger partial charge < -0.3 is 9.08 Å². The van der Waals surface area contributed by atoms with Gasteiger partial charge >= 0.3 is 10.1 Å². The van der Waals surface area contributed by atoms with Crippen molar-refractivity contribution in [3.63, 3.8) is 0 Å². The summed E-state index contributed by atoms with van der Waals surface area (Å²) in [5, 5.41) is 0. The zero-order chi connectivity index (χ0) is 21.4. The second kappa shape index (κ2) is 10.4. The van der Waals surface area contributed by atoms with Crippen molar-refractivity contribution < 1.29 is 17.4 Å². The zero-order valence-corrected chi connectivity index (χ0v) is 18.5. The van der Waals surface area contributed by atoms with Crippen LogP contribution in [0.25, 0.3) is 0 Å². The Morgan fingerprint density at radius 3 is 2.31 bits per heavy atom. The van der Waals surface area contributed by atoms with Crippen LogP contribution in [0.5, 0.6) is 5.75 Å². The van der Waals surface area contributed by atoms with Gasteiger partial charge in [-0.15, -0.1) is 0 Å². The Labute approximate surface area is 174 Å². The molecule has 0 fully saturated rings. The van der Waals surface area contributed by atoms with Crippen LogP contribution >= 0.6 is 0 Å². The van der Waals surface area contributed by atoms with Gasteiger partial charge in [0.25, 0.3) is 5.91 Å². The van der Waals surface area contributed by atoms with Gasteiger partial charge in [0.2, 0.25) is 0 Å². The van der Waals surface area contributed by atoms with Crippen molar-refractivity contribution in [1.82, 2.24) is 4.90 Å². The fourth-order valence-corrected chi connectivity index (χ4v) is 3.46. The van der Waals surface area contributed by atoms with Crippen LogP contribution < -0.4 is 4.18 Å². The van der Waals surface area contributed by atoms with Crippen molar-refractivity contribution >= 4 is 16.0 Å². The smallest absolute Gasteiger partial charge is 0.308 e. The normalized spacial score (nSPS) is 11.5. The number of aryl methyl sites for hydroxylation is 1. The van der Waals surface area contributed by atoms with E-state index in [0.29, 0.717) is 12.1 Å². The third kappa shape index (κ3) is 6.89. The highest BCUT2D eigenvalue weighted by atomic mass is 32.2. The van der Waals surface area contributed by atoms with Crippen molar-refractivity contribution in [3.05, 3.63) is 65.2 Å². The molecule has 5 nitrogen and oxygen atoms in total. The Morgan fingerprint density at radius 2 is 1.72 bits per heavy atom. The van der Waals surface area contributed by atoms with Crippen LogP contribution in [-0.2, 0) is 23.1 Å². The Kier molecular flexibility index (Phi) is 8.26. The molecule has 0 saturated carbocycles. The summed E-state index contributed by atoms with van der Waals surface area (Å²) in [7, 11) is -3.58. The van der Waals surface area contributed by atoms with E-state index in [1.165, 1.54) is 12.5 Å². The summed E-state index contributed by atoms with van der Waals surface area (Å²) < 4.78 is 28.5. The first-order chi connectivity index (χ1) is 13.8. The number of rotatable bonds is 10. The maximum absolute atomic E-state index is 13.1. The minimum atomic E-state index is -3.58. The van der Waals surface area contributed by atoms with E-state index in [2.05, 4.69) is 6.92 Å². The van der Waals surface area contributed by atoms with Gasteiger partial charge in [-0.1, -0.05) is 37.6 Å². The summed E-state index contributed by atoms with van der Waals surface area (Å²) in [6, 6.07) is 14.7. The van der Waals surface area contributed by atoms with Crippen LogP contribution in [-0.4, -0.2) is 31.0 Å². The molecule has 158 valence electrons. The van der Waals surface area contributed by atoms with Crippen molar-refractivity contribution in [2.24, 2.45) is 0 Å². The summed E-state index contributed by atoms with van der Waals surface area (Å²) in [6.45, 7) is 8.00. The van der Waals surface area contributed by atoms with Crippen LogP contribution in [0.4, 0.5) is 0 Å². The number of nitrogens with zero attached hydrogens (tertiary/aromatic N) is 1. The maximum Gasteiger partial charge on any atom is 0.308 e. The number of benzene rings is 2. The molecule has 2 aromatic rings. The molecule has 0 unspecified atom stereocenters. The first-order valence-corrected chi connectivity index (χ1v) is 11.7. The Balaban J connectivity index is 2.16. The molecule has 2 aromatic carbocycles. The van der Waals surface area contributed by atoms with Gasteiger partial charge in [0, 0.05) is 18.2 Å². The average molecular weight is 418 g/mol. The third-order valence-corrected chi connectivity index (χ3v) is 5.89. The number of carbonyl (C=O) groups excluding carboxylic acids is 1. The average Bonchev–Trinajstić information content (AvgIpc) is 2.70. The molecule has 0 radical (unpaired) electrons. The van der Waals surface area contributed by atoms with Gasteiger partial charge in [-0.3, -0.25) is 4.79 Å². The van der Waals surface area contributed by atoms with E-state index in [1.807, 2.05) is 44.2 Å². The SMILES string of the molecule is CCCCc1ccc(C(=O)N(Cc2cccc(OS(=O)(=O)CC)c2)C(C)C)cc1. The highest BCUT2D eigenvalue weighted by molar-refractivity contribution is 7.87. The molecular weight excluding hydrogens is 386 g/mol. The lowest BCUT2D eigenvalue weighted by molar-refractivity contribution is 0.0690. The van der Waals surface area contributed by atoms with Gasteiger partial charge in [0.15, 0.2) is 0 Å². The molecule has 2 rings (SSSR count). The molecule has 1 amide bonds. The standard InChI is InChI=1S/C23H31NO4S/c1-5-7-9-19-12-14-21(15-13-19)23(25)24(18(3)4)17-20-10-8-11-22(16-20)28-29(26,27)6-2/h8,10-16,18H,5-7,9,17H2,1-4H3. The van der Waals surface area contributed by atoms with Gasteiger partial charge in [0.1, 0.15) is 5.75 Å². The predicted molar refractivity (Wildman–Crippen MR) is 117 cm³/mol. The van der Waals surface area contributed by atoms with Crippen LogP contribution in [0.2, 0.25) is 0 Å². The van der Waals surface area contributed by atoms with Crippen LogP contribution in [0, 0.1) is 0 Å². The van der Waals surface area contributed by atoms with E-state index in [0.717, 1.165) is 24.8 Å². The van der Waals surface area contributed by atoms with Gasteiger partial charge in [-0.25, -0.2) is 0 Å². The summed E-state index contributed by atoms with van der Waals surface area (Å²) in [4.78, 5) is 14.8. The van der Waals surface area contributed by atoms with Crippen LogP contribution in [0.3, 0.4) is 0 Å². The minimum Gasteiger partial charge on any atom is -0.382 e. The Hall–Kier alpha value is -2.34. The molecule has 6 heteroatoms. The summed E-state index contributed by atoms with van der Waals surface area (Å²) in [6.07, 6.45) is 3.30. The lowest BCUT2D eigenvalue weighted by Crippen LogP contribution is -2.36. The molecule has 0 bridgehead atoms. The molecule has 0 aromatic heterocycles. The molecular formula is C23H31NO4S. The maximum atomic E-state index is 13.1. The number of carbonyl (C=O) groups is 1. The second-order valence-electron chi connectivity index (χ2n) is 7.40. The van der Waals surface area contributed by atoms with Crippen molar-refractivity contribution in [2.75, 3.05) is 5.75 Å². The Bertz CT molecular complexity index is 905. The van der Waals surface area contributed by atoms with E-state index in [-0.39, 0.29) is 23.5 Å². The highest BCUT2D eigenvalue weighted by Gasteiger charge is 2.20. The number of amides is 1. The summed E-state index contributed by atoms with van der Waals surface area (Å²) in [5.74, 6) is 0.123. The van der Waals surface area contributed by atoms with Gasteiger partial charge in [-0.2, -0.15) is 8.42 Å². The first-order valence-electron chi connectivity index (χ1n) is 10.2. The number of hydrogen-bond acceptors (Lipinski definition) is 4. The monoisotopic (exact) mass is 417 g/mol. The van der Waals surface area contributed by atoms with Crippen molar-refractivity contribution in [3.8, 4) is 5.75 Å². The fourth-order valence-electron chi connectivity index (χ4n) is 2.95. The lowest BCUT2D eigenvalue weighted by atomic mass is 10.0. The summed E-state index contributed by atoms with van der Waals surface area (Å²) >= 11 is 0. The number of unbranched alkanes of at least 4 members (excludes halogenated alkanes) is 1. The topological polar surface area (TPSA) is 63.7 Å². The van der Waals surface area contributed by atoms with E-state index in [4.69, 9.17) is 4.18 Å². The second-order valence-corrected chi connectivity index (χ2v) is 9.26. The minimum absolute atomic E-state index is 0.00813. The summed E-state index contributed by atoms with van der Waals surface area (Å²) in [5.41, 5.74) is 2.71. The lowest BCUT2D eigenvalue weighted by Gasteiger charge is -2.27. The molecule has 0 N–H and O–H groups in total. The molecule has 0 atom stereocenters. The molecule has 29 heavy (non-hydrogen) atoms. The fraction of sp³-hybridized carbons (Fsp3) is 0.435. The molecule has 0 aliphatic carbocycles. The molecule has 0 aliphatic rings. The quantitative estimate of drug-likeness (QED) is 0.521. The zero-order valence-electron chi connectivity index (χ0n) is 17.7. The third-order valence-electron chi connectivity index (χ3n) is 4.73. The number of hydrogen-bond donors (Lipinski definition) is 0. The van der Waals surface area contributed by atoms with Gasteiger partial charge in [-0.05, 0) is 69.0 Å². The molecule has 0 aliphatic heterocycles. The van der Waals surface area contributed by atoms with Crippen LogP contribution in [0.1, 0.15) is 62.0 Å².